The molecule has 0 aliphatic carbocycles. The third kappa shape index (κ3) is 5.42. The number of rotatable bonds is 7. The van der Waals surface area contributed by atoms with Gasteiger partial charge in [-0.25, -0.2) is 9.79 Å². The van der Waals surface area contributed by atoms with Crippen molar-refractivity contribution < 1.29 is 23.8 Å². The minimum atomic E-state index is -0.820. The van der Waals surface area contributed by atoms with Gasteiger partial charge in [-0.1, -0.05) is 41.7 Å². The van der Waals surface area contributed by atoms with Gasteiger partial charge in [0.25, 0.3) is 11.5 Å². The number of hydrogen-bond acceptors (Lipinski definition) is 8. The number of carbonyl (C=O) groups is 2. The quantitative estimate of drug-likeness (QED) is 0.340. The first-order chi connectivity index (χ1) is 19.8. The van der Waals surface area contributed by atoms with Crippen molar-refractivity contribution in [3.05, 3.63) is 120 Å². The van der Waals surface area contributed by atoms with Crippen LogP contribution in [-0.4, -0.2) is 37.8 Å². The average Bonchev–Trinajstić information content (AvgIpc) is 3.30. The van der Waals surface area contributed by atoms with Crippen molar-refractivity contribution in [1.29, 1.82) is 0 Å². The molecule has 1 amide bonds. The Labute approximate surface area is 239 Å². The number of ether oxygens (including phenoxy) is 3. The summed E-state index contributed by atoms with van der Waals surface area (Å²) in [6, 6.07) is 20.3. The summed E-state index contributed by atoms with van der Waals surface area (Å²) < 4.78 is 17.8. The number of amides is 1. The second-order valence-corrected chi connectivity index (χ2v) is 10.1. The Bertz CT molecular complexity index is 1840. The number of methoxy groups -OCH3 is 3. The number of fused-ring (bicyclic) bond motifs is 1. The zero-order valence-corrected chi connectivity index (χ0v) is 23.7. The molecule has 4 aromatic rings. The van der Waals surface area contributed by atoms with Gasteiger partial charge in [-0.15, -0.1) is 0 Å². The van der Waals surface area contributed by atoms with Crippen molar-refractivity contribution in [1.82, 2.24) is 4.57 Å². The van der Waals surface area contributed by atoms with Gasteiger partial charge in [0.15, 0.2) is 4.80 Å². The van der Waals surface area contributed by atoms with Gasteiger partial charge >= 0.3 is 5.97 Å². The summed E-state index contributed by atoms with van der Waals surface area (Å²) in [5.74, 6) is 0.209. The summed E-state index contributed by atoms with van der Waals surface area (Å²) in [7, 11) is 4.40. The molecule has 1 aliphatic rings. The highest BCUT2D eigenvalue weighted by atomic mass is 32.1. The number of nitrogens with zero attached hydrogens (tertiary/aromatic N) is 2. The van der Waals surface area contributed by atoms with E-state index >= 15 is 0 Å². The number of nitrogens with one attached hydrogen (secondary N) is 1. The fourth-order valence-electron chi connectivity index (χ4n) is 4.65. The Hall–Kier alpha value is -4.96. The van der Waals surface area contributed by atoms with Crippen molar-refractivity contribution in [2.24, 2.45) is 4.99 Å². The van der Waals surface area contributed by atoms with Crippen LogP contribution in [0.15, 0.2) is 93.9 Å². The maximum atomic E-state index is 14.0. The molecule has 0 saturated heterocycles. The van der Waals surface area contributed by atoms with Crippen LogP contribution in [0, 0.1) is 0 Å². The van der Waals surface area contributed by atoms with E-state index in [0.29, 0.717) is 48.9 Å². The maximum Gasteiger partial charge on any atom is 0.337 e. The van der Waals surface area contributed by atoms with Gasteiger partial charge in [-0.05, 0) is 55.0 Å². The van der Waals surface area contributed by atoms with E-state index in [2.05, 4.69) is 10.3 Å². The van der Waals surface area contributed by atoms with Crippen LogP contribution in [0.2, 0.25) is 0 Å². The highest BCUT2D eigenvalue weighted by molar-refractivity contribution is 7.07. The molecular formula is C31H27N3O6S. The molecule has 208 valence electrons. The van der Waals surface area contributed by atoms with E-state index < -0.39 is 12.0 Å². The second-order valence-electron chi connectivity index (χ2n) is 9.12. The van der Waals surface area contributed by atoms with Crippen LogP contribution in [-0.2, 0) is 9.53 Å². The highest BCUT2D eigenvalue weighted by Gasteiger charge is 2.34. The Morgan fingerprint density at radius 3 is 2.37 bits per heavy atom. The molecule has 1 aromatic heterocycles. The van der Waals surface area contributed by atoms with E-state index in [1.165, 1.54) is 30.1 Å². The minimum absolute atomic E-state index is 0.314. The third-order valence-corrected chi connectivity index (χ3v) is 7.65. The number of para-hydroxylation sites is 1. The molecule has 9 nitrogen and oxygen atoms in total. The third-order valence-electron chi connectivity index (χ3n) is 6.66. The van der Waals surface area contributed by atoms with Crippen LogP contribution in [0.3, 0.4) is 0 Å². The maximum absolute atomic E-state index is 14.0. The first-order valence-electron chi connectivity index (χ1n) is 12.6. The molecule has 2 heterocycles. The van der Waals surface area contributed by atoms with E-state index in [-0.39, 0.29) is 11.5 Å². The molecule has 0 unspecified atom stereocenters. The summed E-state index contributed by atoms with van der Waals surface area (Å²) in [6.07, 6.45) is 1.73. The SMILES string of the molecule is COC(=O)c1ccc(/C=c2\sc3n(c2=O)[C@@H](c2ccc(OC)cc2OC)C(C(=O)Nc2ccccc2)=C(C)N=3)cc1. The number of hydrogen-bond donors (Lipinski definition) is 1. The van der Waals surface area contributed by atoms with Crippen molar-refractivity contribution in [3.8, 4) is 11.5 Å². The first-order valence-corrected chi connectivity index (χ1v) is 13.5. The highest BCUT2D eigenvalue weighted by Crippen LogP contribution is 2.37. The molecule has 10 heteroatoms. The van der Waals surface area contributed by atoms with E-state index in [1.54, 1.807) is 74.7 Å². The monoisotopic (exact) mass is 569 g/mol. The first kappa shape index (κ1) is 27.6. The number of esters is 1. The molecule has 1 atom stereocenters. The lowest BCUT2D eigenvalue weighted by atomic mass is 9.94. The predicted octanol–water partition coefficient (Wildman–Crippen LogP) is 3.68. The van der Waals surface area contributed by atoms with Gasteiger partial charge in [0.1, 0.15) is 17.5 Å². The van der Waals surface area contributed by atoms with Crippen LogP contribution in [0.25, 0.3) is 6.08 Å². The summed E-state index contributed by atoms with van der Waals surface area (Å²) >= 11 is 1.22. The number of benzene rings is 3. The molecule has 5 rings (SSSR count). The topological polar surface area (TPSA) is 108 Å². The number of aromatic nitrogens is 1. The predicted molar refractivity (Wildman–Crippen MR) is 156 cm³/mol. The zero-order valence-electron chi connectivity index (χ0n) is 22.8. The molecular weight excluding hydrogens is 542 g/mol. The van der Waals surface area contributed by atoms with Crippen LogP contribution < -0.4 is 29.7 Å². The average molecular weight is 570 g/mol. The summed E-state index contributed by atoms with van der Waals surface area (Å²) in [5, 5.41) is 2.94. The molecule has 0 spiro atoms. The van der Waals surface area contributed by atoms with Crippen LogP contribution in [0.4, 0.5) is 5.69 Å². The Morgan fingerprint density at radius 1 is 0.976 bits per heavy atom. The van der Waals surface area contributed by atoms with Crippen LogP contribution >= 0.6 is 11.3 Å². The Balaban J connectivity index is 1.67. The fraction of sp³-hybridized carbons (Fsp3) is 0.161. The summed E-state index contributed by atoms with van der Waals surface area (Å²) in [4.78, 5) is 44.7. The van der Waals surface area contributed by atoms with Gasteiger partial charge < -0.3 is 19.5 Å². The second kappa shape index (κ2) is 11.6. The molecule has 0 saturated carbocycles. The lowest BCUT2D eigenvalue weighted by Gasteiger charge is -2.26. The van der Waals surface area contributed by atoms with Crippen molar-refractivity contribution in [2.75, 3.05) is 26.6 Å². The minimum Gasteiger partial charge on any atom is -0.497 e. The Morgan fingerprint density at radius 2 is 1.71 bits per heavy atom. The summed E-state index contributed by atoms with van der Waals surface area (Å²) in [5.41, 5.74) is 2.84. The Kier molecular flexibility index (Phi) is 7.84. The normalized spacial score (nSPS) is 14.6. The molecule has 0 bridgehead atoms. The zero-order chi connectivity index (χ0) is 29.1. The van der Waals surface area contributed by atoms with Crippen molar-refractivity contribution >= 4 is 35.0 Å². The largest absolute Gasteiger partial charge is 0.497 e. The lowest BCUT2D eigenvalue weighted by Crippen LogP contribution is -2.40. The van der Waals surface area contributed by atoms with E-state index in [9.17, 15) is 14.4 Å². The smallest absolute Gasteiger partial charge is 0.337 e. The van der Waals surface area contributed by atoms with Crippen molar-refractivity contribution in [2.45, 2.75) is 13.0 Å². The molecule has 1 aliphatic heterocycles. The standard InChI is InChI=1S/C31H27N3O6S/c1-18-26(28(35)33-21-8-6-5-7-9-21)27(23-15-14-22(38-2)17-24(23)39-3)34-29(36)25(41-31(34)32-18)16-19-10-12-20(13-11-19)30(37)40-4/h5-17,27H,1-4H3,(H,33,35)/b25-16-/t27-/m0/s1. The molecule has 41 heavy (non-hydrogen) atoms. The lowest BCUT2D eigenvalue weighted by molar-refractivity contribution is -0.113. The number of carbonyl (C=O) groups excluding carboxylic acids is 2. The van der Waals surface area contributed by atoms with Crippen LogP contribution in [0.5, 0.6) is 11.5 Å². The van der Waals surface area contributed by atoms with E-state index in [4.69, 9.17) is 14.2 Å². The number of allylic oxidation sites excluding steroid dienone is 1. The van der Waals surface area contributed by atoms with Crippen LogP contribution in [0.1, 0.15) is 34.5 Å². The molecule has 1 N–H and O–H groups in total. The number of anilines is 1. The van der Waals surface area contributed by atoms with Gasteiger partial charge in [0, 0.05) is 17.3 Å². The van der Waals surface area contributed by atoms with Gasteiger partial charge in [0.05, 0.1) is 42.7 Å². The van der Waals surface area contributed by atoms with E-state index in [1.807, 2.05) is 18.2 Å². The fourth-order valence-corrected chi connectivity index (χ4v) is 5.70. The number of thiazole rings is 1. The molecule has 3 aromatic carbocycles. The van der Waals surface area contributed by atoms with Crippen molar-refractivity contribution in [3.63, 3.8) is 0 Å². The molecule has 0 fully saturated rings. The summed E-state index contributed by atoms with van der Waals surface area (Å²) in [6.45, 7) is 1.76. The van der Waals surface area contributed by atoms with E-state index in [0.717, 1.165) is 5.56 Å². The van der Waals surface area contributed by atoms with Gasteiger partial charge in [-0.2, -0.15) is 0 Å². The van der Waals surface area contributed by atoms with Gasteiger partial charge in [-0.3, -0.25) is 14.2 Å². The molecule has 0 radical (unpaired) electrons. The van der Waals surface area contributed by atoms with Gasteiger partial charge in [0.2, 0.25) is 0 Å².